The Morgan fingerprint density at radius 1 is 1.53 bits per heavy atom. The fraction of sp³-hybridized carbons (Fsp3) is 0.909. The molecule has 1 atom stereocenters. The second kappa shape index (κ2) is 4.10. The van der Waals surface area contributed by atoms with Crippen LogP contribution in [-0.4, -0.2) is 41.7 Å². The van der Waals surface area contributed by atoms with E-state index < -0.39 is 5.97 Å². The number of nitrogens with two attached hydrogens (primary N) is 1. The SMILES string of the molecule is NCC1(CC(=O)O)CCCN(C2CC2)C1. The molecule has 2 rings (SSSR count). The summed E-state index contributed by atoms with van der Waals surface area (Å²) in [5, 5.41) is 8.93. The highest BCUT2D eigenvalue weighted by Crippen LogP contribution is 2.37. The van der Waals surface area contributed by atoms with E-state index in [0.717, 1.165) is 32.0 Å². The number of hydrogen-bond acceptors (Lipinski definition) is 3. The van der Waals surface area contributed by atoms with Crippen LogP contribution in [-0.2, 0) is 4.79 Å². The summed E-state index contributed by atoms with van der Waals surface area (Å²) in [7, 11) is 0. The van der Waals surface area contributed by atoms with Gasteiger partial charge in [0.15, 0.2) is 0 Å². The molecule has 4 nitrogen and oxygen atoms in total. The van der Waals surface area contributed by atoms with Gasteiger partial charge in [0.2, 0.25) is 0 Å². The van der Waals surface area contributed by atoms with Crippen LogP contribution in [0.25, 0.3) is 0 Å². The first kappa shape index (κ1) is 10.9. The summed E-state index contributed by atoms with van der Waals surface area (Å²) in [6, 6.07) is 0.727. The summed E-state index contributed by atoms with van der Waals surface area (Å²) in [6.45, 7) is 2.52. The summed E-state index contributed by atoms with van der Waals surface area (Å²) in [5.41, 5.74) is 5.62. The molecule has 1 saturated heterocycles. The molecular formula is C11H20N2O2. The molecule has 1 unspecified atom stereocenters. The Balaban J connectivity index is 1.99. The number of carbonyl (C=O) groups is 1. The summed E-state index contributed by atoms with van der Waals surface area (Å²) >= 11 is 0. The molecule has 0 aromatic heterocycles. The minimum absolute atomic E-state index is 0.160. The fourth-order valence-electron chi connectivity index (χ4n) is 2.70. The first-order valence-electron chi connectivity index (χ1n) is 5.81. The van der Waals surface area contributed by atoms with Crippen molar-refractivity contribution in [3.63, 3.8) is 0 Å². The number of nitrogens with zero attached hydrogens (tertiary/aromatic N) is 1. The maximum absolute atomic E-state index is 10.8. The molecule has 3 N–H and O–H groups in total. The van der Waals surface area contributed by atoms with Crippen LogP contribution in [0.2, 0.25) is 0 Å². The average molecular weight is 212 g/mol. The molecule has 2 aliphatic rings. The number of likely N-dealkylation sites (tertiary alicyclic amines) is 1. The molecule has 0 amide bonds. The average Bonchev–Trinajstić information content (AvgIpc) is 3.00. The second-order valence-corrected chi connectivity index (χ2v) is 5.08. The van der Waals surface area contributed by atoms with E-state index in [9.17, 15) is 4.79 Å². The number of carboxylic acids is 1. The Bertz CT molecular complexity index is 253. The van der Waals surface area contributed by atoms with Crippen molar-refractivity contribution in [1.82, 2.24) is 4.90 Å². The van der Waals surface area contributed by atoms with Crippen LogP contribution >= 0.6 is 0 Å². The lowest BCUT2D eigenvalue weighted by molar-refractivity contribution is -0.140. The number of hydrogen-bond donors (Lipinski definition) is 2. The lowest BCUT2D eigenvalue weighted by Gasteiger charge is -2.41. The highest BCUT2D eigenvalue weighted by atomic mass is 16.4. The molecule has 15 heavy (non-hydrogen) atoms. The first-order valence-corrected chi connectivity index (χ1v) is 5.81. The van der Waals surface area contributed by atoms with Crippen LogP contribution in [0.15, 0.2) is 0 Å². The van der Waals surface area contributed by atoms with Crippen molar-refractivity contribution in [2.24, 2.45) is 11.1 Å². The van der Waals surface area contributed by atoms with Gasteiger partial charge in [-0.1, -0.05) is 0 Å². The van der Waals surface area contributed by atoms with Gasteiger partial charge < -0.3 is 10.8 Å². The lowest BCUT2D eigenvalue weighted by Crippen LogP contribution is -2.49. The van der Waals surface area contributed by atoms with Crippen molar-refractivity contribution in [2.75, 3.05) is 19.6 Å². The Morgan fingerprint density at radius 3 is 2.80 bits per heavy atom. The van der Waals surface area contributed by atoms with E-state index in [1.165, 1.54) is 12.8 Å². The summed E-state index contributed by atoms with van der Waals surface area (Å²) in [4.78, 5) is 13.3. The van der Waals surface area contributed by atoms with Crippen LogP contribution in [0.4, 0.5) is 0 Å². The van der Waals surface area contributed by atoms with Crippen molar-refractivity contribution in [1.29, 1.82) is 0 Å². The quantitative estimate of drug-likeness (QED) is 0.718. The number of rotatable bonds is 4. The van der Waals surface area contributed by atoms with Gasteiger partial charge in [-0.3, -0.25) is 9.69 Å². The molecule has 0 bridgehead atoms. The Morgan fingerprint density at radius 2 is 2.27 bits per heavy atom. The van der Waals surface area contributed by atoms with Gasteiger partial charge in [-0.25, -0.2) is 0 Å². The van der Waals surface area contributed by atoms with Gasteiger partial charge in [0.05, 0.1) is 6.42 Å². The number of piperidine rings is 1. The van der Waals surface area contributed by atoms with Gasteiger partial charge in [-0.2, -0.15) is 0 Å². The molecule has 1 saturated carbocycles. The zero-order valence-corrected chi connectivity index (χ0v) is 9.11. The second-order valence-electron chi connectivity index (χ2n) is 5.08. The van der Waals surface area contributed by atoms with Crippen LogP contribution in [0.1, 0.15) is 32.1 Å². The van der Waals surface area contributed by atoms with Crippen LogP contribution < -0.4 is 5.73 Å². The monoisotopic (exact) mass is 212 g/mol. The molecular weight excluding hydrogens is 192 g/mol. The molecule has 2 fully saturated rings. The Kier molecular flexibility index (Phi) is 2.98. The van der Waals surface area contributed by atoms with Crippen molar-refractivity contribution >= 4 is 5.97 Å². The summed E-state index contributed by atoms with van der Waals surface area (Å²) in [6.07, 6.45) is 4.87. The van der Waals surface area contributed by atoms with Crippen molar-refractivity contribution in [3.8, 4) is 0 Å². The standard InChI is InChI=1S/C11H20N2O2/c12-7-11(6-10(14)15)4-1-5-13(8-11)9-2-3-9/h9H,1-8,12H2,(H,14,15). The van der Waals surface area contributed by atoms with Gasteiger partial charge >= 0.3 is 5.97 Å². The maximum Gasteiger partial charge on any atom is 0.304 e. The first-order chi connectivity index (χ1) is 7.15. The predicted molar refractivity (Wildman–Crippen MR) is 57.6 cm³/mol. The van der Waals surface area contributed by atoms with Crippen LogP contribution in [0, 0.1) is 5.41 Å². The van der Waals surface area contributed by atoms with E-state index >= 15 is 0 Å². The fourth-order valence-corrected chi connectivity index (χ4v) is 2.70. The third kappa shape index (κ3) is 2.49. The normalized spacial score (nSPS) is 32.9. The van der Waals surface area contributed by atoms with Crippen molar-refractivity contribution < 1.29 is 9.90 Å². The Labute approximate surface area is 90.4 Å². The van der Waals surface area contributed by atoms with E-state index in [2.05, 4.69) is 4.90 Å². The highest BCUT2D eigenvalue weighted by molar-refractivity contribution is 5.67. The number of aliphatic carboxylic acids is 1. The topological polar surface area (TPSA) is 66.6 Å². The van der Waals surface area contributed by atoms with E-state index in [0.29, 0.717) is 6.54 Å². The molecule has 0 spiro atoms. The largest absolute Gasteiger partial charge is 0.481 e. The van der Waals surface area contributed by atoms with E-state index in [1.807, 2.05) is 0 Å². The molecule has 1 heterocycles. The molecule has 0 aromatic carbocycles. The zero-order valence-electron chi connectivity index (χ0n) is 9.11. The van der Waals surface area contributed by atoms with Crippen LogP contribution in [0.5, 0.6) is 0 Å². The number of carboxylic acid groups (broad SMARTS) is 1. The summed E-state index contributed by atoms with van der Waals surface area (Å²) in [5.74, 6) is -0.710. The molecule has 1 aliphatic carbocycles. The lowest BCUT2D eigenvalue weighted by atomic mass is 9.77. The smallest absolute Gasteiger partial charge is 0.304 e. The third-order valence-electron chi connectivity index (χ3n) is 3.71. The van der Waals surface area contributed by atoms with Gasteiger partial charge in [0.1, 0.15) is 0 Å². The van der Waals surface area contributed by atoms with Gasteiger partial charge in [0.25, 0.3) is 0 Å². The van der Waals surface area contributed by atoms with E-state index in [4.69, 9.17) is 10.8 Å². The maximum atomic E-state index is 10.8. The molecule has 4 heteroatoms. The van der Waals surface area contributed by atoms with Gasteiger partial charge in [-0.15, -0.1) is 0 Å². The highest BCUT2D eigenvalue weighted by Gasteiger charge is 2.40. The van der Waals surface area contributed by atoms with Gasteiger partial charge in [0, 0.05) is 18.0 Å². The van der Waals surface area contributed by atoms with Crippen molar-refractivity contribution in [2.45, 2.75) is 38.1 Å². The third-order valence-corrected chi connectivity index (χ3v) is 3.71. The molecule has 1 aliphatic heterocycles. The molecule has 0 aromatic rings. The predicted octanol–water partition coefficient (Wildman–Crippen LogP) is 0.664. The molecule has 86 valence electrons. The minimum atomic E-state index is -0.710. The van der Waals surface area contributed by atoms with E-state index in [-0.39, 0.29) is 11.8 Å². The zero-order chi connectivity index (χ0) is 10.9. The Hall–Kier alpha value is -0.610. The summed E-state index contributed by atoms with van der Waals surface area (Å²) < 4.78 is 0. The van der Waals surface area contributed by atoms with Crippen molar-refractivity contribution in [3.05, 3.63) is 0 Å². The van der Waals surface area contributed by atoms with Crippen LogP contribution in [0.3, 0.4) is 0 Å². The van der Waals surface area contributed by atoms with E-state index in [1.54, 1.807) is 0 Å². The van der Waals surface area contributed by atoms with Gasteiger partial charge in [-0.05, 0) is 38.8 Å². The molecule has 0 radical (unpaired) electrons. The minimum Gasteiger partial charge on any atom is -0.481 e.